The summed E-state index contributed by atoms with van der Waals surface area (Å²) in [5.41, 5.74) is 2.61. The maximum Gasteiger partial charge on any atom is 0.273 e. The van der Waals surface area contributed by atoms with Crippen LogP contribution < -0.4 is 4.31 Å². The monoisotopic (exact) mass is 329 g/mol. The van der Waals surface area contributed by atoms with Gasteiger partial charge in [0.1, 0.15) is 4.21 Å². The summed E-state index contributed by atoms with van der Waals surface area (Å²) in [4.78, 5) is 0. The number of hydrogen-bond donors (Lipinski definition) is 0. The number of sulfonamides is 1. The van der Waals surface area contributed by atoms with Crippen molar-refractivity contribution < 1.29 is 8.42 Å². The molecule has 20 heavy (non-hydrogen) atoms. The Labute approximate surface area is 128 Å². The topological polar surface area (TPSA) is 37.4 Å². The summed E-state index contributed by atoms with van der Waals surface area (Å²) in [5, 5.41) is 1.78. The van der Waals surface area contributed by atoms with Crippen molar-refractivity contribution in [1.29, 1.82) is 0 Å². The van der Waals surface area contributed by atoms with Crippen molar-refractivity contribution in [1.82, 2.24) is 0 Å². The molecule has 1 aromatic carbocycles. The van der Waals surface area contributed by atoms with Crippen molar-refractivity contribution in [2.45, 2.75) is 23.9 Å². The molecule has 0 bridgehead atoms. The molecule has 3 nitrogen and oxygen atoms in total. The third-order valence-corrected chi connectivity index (χ3v) is 6.61. The van der Waals surface area contributed by atoms with Crippen LogP contribution >= 0.6 is 22.9 Å². The minimum absolute atomic E-state index is 0.322. The molecular formula is C14H16ClNO2S2. The Kier molecular flexibility index (Phi) is 4.73. The number of benzene rings is 1. The Hall–Kier alpha value is -1.04. The highest BCUT2D eigenvalue weighted by atomic mass is 35.5. The summed E-state index contributed by atoms with van der Waals surface area (Å²) in [5.74, 6) is 0.322. The molecule has 0 aliphatic carbocycles. The lowest BCUT2D eigenvalue weighted by Gasteiger charge is -2.22. The number of thiophene rings is 1. The van der Waals surface area contributed by atoms with Gasteiger partial charge in [-0.3, -0.25) is 4.31 Å². The number of nitrogens with zero attached hydrogens (tertiary/aromatic N) is 1. The number of aryl methyl sites for hydroxylation is 1. The lowest BCUT2D eigenvalue weighted by molar-refractivity contribution is 0.594. The molecule has 0 amide bonds. The van der Waals surface area contributed by atoms with Crippen LogP contribution in [-0.4, -0.2) is 15.0 Å². The lowest BCUT2D eigenvalue weighted by atomic mass is 10.2. The molecule has 0 saturated carbocycles. The second kappa shape index (κ2) is 6.16. The highest BCUT2D eigenvalue weighted by molar-refractivity contribution is 7.94. The largest absolute Gasteiger partial charge is 0.273 e. The van der Waals surface area contributed by atoms with Crippen LogP contribution in [0.25, 0.3) is 0 Å². The molecule has 0 unspecified atom stereocenters. The maximum atomic E-state index is 12.7. The van der Waals surface area contributed by atoms with E-state index in [0.717, 1.165) is 11.1 Å². The van der Waals surface area contributed by atoms with E-state index in [0.29, 0.717) is 22.3 Å². The quantitative estimate of drug-likeness (QED) is 0.777. The first-order chi connectivity index (χ1) is 9.48. The van der Waals surface area contributed by atoms with Crippen LogP contribution in [-0.2, 0) is 15.9 Å². The van der Waals surface area contributed by atoms with E-state index in [2.05, 4.69) is 0 Å². The minimum atomic E-state index is -3.51. The van der Waals surface area contributed by atoms with Crippen molar-refractivity contribution in [2.24, 2.45) is 0 Å². The summed E-state index contributed by atoms with van der Waals surface area (Å²) < 4.78 is 27.1. The van der Waals surface area contributed by atoms with Crippen LogP contribution in [0.1, 0.15) is 18.1 Å². The number of rotatable bonds is 5. The Morgan fingerprint density at radius 3 is 2.40 bits per heavy atom. The molecule has 0 fully saturated rings. The Morgan fingerprint density at radius 2 is 1.90 bits per heavy atom. The van der Waals surface area contributed by atoms with Gasteiger partial charge in [-0.05, 0) is 43.0 Å². The first kappa shape index (κ1) is 15.4. The molecule has 0 saturated heterocycles. The molecule has 0 aliphatic rings. The average molecular weight is 330 g/mol. The summed E-state index contributed by atoms with van der Waals surface area (Å²) >= 11 is 6.94. The Morgan fingerprint density at radius 1 is 1.25 bits per heavy atom. The van der Waals surface area contributed by atoms with Gasteiger partial charge in [-0.15, -0.1) is 22.9 Å². The van der Waals surface area contributed by atoms with Crippen molar-refractivity contribution in [2.75, 3.05) is 10.8 Å². The highest BCUT2D eigenvalue weighted by Crippen LogP contribution is 2.28. The van der Waals surface area contributed by atoms with Gasteiger partial charge in [0.15, 0.2) is 0 Å². The molecule has 1 heterocycles. The molecule has 2 aromatic rings. The minimum Gasteiger partial charge on any atom is -0.266 e. The van der Waals surface area contributed by atoms with Crippen molar-refractivity contribution in [3.63, 3.8) is 0 Å². The fourth-order valence-corrected chi connectivity index (χ4v) is 4.91. The van der Waals surface area contributed by atoms with Gasteiger partial charge in [-0.2, -0.15) is 0 Å². The van der Waals surface area contributed by atoms with Crippen LogP contribution in [0.15, 0.2) is 39.9 Å². The third kappa shape index (κ3) is 3.00. The number of alkyl halides is 1. The lowest BCUT2D eigenvalue weighted by Crippen LogP contribution is -2.30. The van der Waals surface area contributed by atoms with Gasteiger partial charge < -0.3 is 0 Å². The highest BCUT2D eigenvalue weighted by Gasteiger charge is 2.25. The van der Waals surface area contributed by atoms with Crippen molar-refractivity contribution in [3.05, 3.63) is 46.8 Å². The normalized spacial score (nSPS) is 11.6. The molecule has 108 valence electrons. The van der Waals surface area contributed by atoms with Gasteiger partial charge in [-0.1, -0.05) is 17.7 Å². The van der Waals surface area contributed by atoms with Gasteiger partial charge >= 0.3 is 0 Å². The number of anilines is 1. The van der Waals surface area contributed by atoms with E-state index >= 15 is 0 Å². The number of halogens is 1. The molecule has 1 aromatic heterocycles. The molecular weight excluding hydrogens is 314 g/mol. The zero-order valence-corrected chi connectivity index (χ0v) is 13.7. The van der Waals surface area contributed by atoms with Crippen LogP contribution in [0.3, 0.4) is 0 Å². The molecule has 2 rings (SSSR count). The van der Waals surface area contributed by atoms with Gasteiger partial charge in [0.2, 0.25) is 0 Å². The predicted octanol–water partition coefficient (Wildman–Crippen LogP) is 4.01. The fraction of sp³-hybridized carbons (Fsp3) is 0.286. The van der Waals surface area contributed by atoms with E-state index in [-0.39, 0.29) is 0 Å². The third-order valence-electron chi connectivity index (χ3n) is 2.94. The van der Waals surface area contributed by atoms with E-state index in [1.54, 1.807) is 11.4 Å². The van der Waals surface area contributed by atoms with Crippen LogP contribution in [0, 0.1) is 6.92 Å². The molecule has 0 radical (unpaired) electrons. The second-order valence-corrected chi connectivity index (χ2v) is 7.68. The van der Waals surface area contributed by atoms with Gasteiger partial charge in [-0.25, -0.2) is 8.42 Å². The van der Waals surface area contributed by atoms with Crippen LogP contribution in [0.4, 0.5) is 5.69 Å². The van der Waals surface area contributed by atoms with Crippen LogP contribution in [0.5, 0.6) is 0 Å². The first-order valence-electron chi connectivity index (χ1n) is 6.22. The van der Waals surface area contributed by atoms with E-state index in [1.165, 1.54) is 15.6 Å². The summed E-state index contributed by atoms with van der Waals surface area (Å²) in [6.45, 7) is 4.19. The number of hydrogen-bond acceptors (Lipinski definition) is 3. The van der Waals surface area contributed by atoms with Gasteiger partial charge in [0.05, 0.1) is 5.69 Å². The molecule has 0 aliphatic heterocycles. The average Bonchev–Trinajstić information content (AvgIpc) is 2.91. The first-order valence-corrected chi connectivity index (χ1v) is 9.07. The fourth-order valence-electron chi connectivity index (χ4n) is 1.87. The maximum absolute atomic E-state index is 12.7. The van der Waals surface area contributed by atoms with Crippen molar-refractivity contribution >= 4 is 38.6 Å². The second-order valence-electron chi connectivity index (χ2n) is 4.41. The van der Waals surface area contributed by atoms with E-state index in [1.807, 2.05) is 38.1 Å². The van der Waals surface area contributed by atoms with E-state index in [4.69, 9.17) is 11.6 Å². The SMILES string of the molecule is CCN(c1ccc(C)cc1)S(=O)(=O)c1cc(CCl)cs1. The van der Waals surface area contributed by atoms with Gasteiger partial charge in [0, 0.05) is 12.4 Å². The summed E-state index contributed by atoms with van der Waals surface area (Å²) in [6.07, 6.45) is 0. The molecule has 0 atom stereocenters. The van der Waals surface area contributed by atoms with E-state index in [9.17, 15) is 8.42 Å². The Bertz CT molecular complexity index is 677. The standard InChI is InChI=1S/C14H16ClNO2S2/c1-3-16(13-6-4-11(2)5-7-13)20(17,18)14-8-12(9-15)10-19-14/h4-8,10H,3,9H2,1-2H3. The zero-order chi connectivity index (χ0) is 14.8. The zero-order valence-electron chi connectivity index (χ0n) is 11.3. The summed E-state index contributed by atoms with van der Waals surface area (Å²) in [7, 11) is -3.51. The summed E-state index contributed by atoms with van der Waals surface area (Å²) in [6, 6.07) is 9.11. The van der Waals surface area contributed by atoms with Gasteiger partial charge in [0.25, 0.3) is 10.0 Å². The molecule has 0 spiro atoms. The predicted molar refractivity (Wildman–Crippen MR) is 85.3 cm³/mol. The van der Waals surface area contributed by atoms with Crippen molar-refractivity contribution in [3.8, 4) is 0 Å². The smallest absolute Gasteiger partial charge is 0.266 e. The molecule has 6 heteroatoms. The van der Waals surface area contributed by atoms with Crippen LogP contribution in [0.2, 0.25) is 0 Å². The Balaban J connectivity index is 2.41. The van der Waals surface area contributed by atoms with E-state index < -0.39 is 10.0 Å². The molecule has 0 N–H and O–H groups in total.